The van der Waals surface area contributed by atoms with Crippen LogP contribution in [0.25, 0.3) is 0 Å². The van der Waals surface area contributed by atoms with Crippen LogP contribution in [0.2, 0.25) is 0 Å². The lowest BCUT2D eigenvalue weighted by Gasteiger charge is -2.08. The van der Waals surface area contributed by atoms with Gasteiger partial charge in [-0.05, 0) is 6.92 Å². The molecule has 0 saturated heterocycles. The lowest BCUT2D eigenvalue weighted by atomic mass is 10.7. The van der Waals surface area contributed by atoms with Crippen LogP contribution >= 0.6 is 11.6 Å². The van der Waals surface area contributed by atoms with Crippen LogP contribution in [-0.4, -0.2) is 58.5 Å². The minimum absolute atomic E-state index is 0.126. The Morgan fingerprint density at radius 3 is 2.12 bits per heavy atom. The summed E-state index contributed by atoms with van der Waals surface area (Å²) < 4.78 is 24.3. The predicted molar refractivity (Wildman–Crippen MR) is 61.3 cm³/mol. The Kier molecular flexibility index (Phi) is 11.5. The van der Waals surface area contributed by atoms with Crippen molar-refractivity contribution in [3.05, 3.63) is 0 Å². The molecule has 0 aliphatic carbocycles. The van der Waals surface area contributed by atoms with Crippen molar-refractivity contribution in [2.24, 2.45) is 0 Å². The molecule has 102 valence electrons. The second-order valence-corrected chi connectivity index (χ2v) is 3.59. The summed E-state index contributed by atoms with van der Waals surface area (Å²) in [6.45, 7) is 3.96. The van der Waals surface area contributed by atoms with Gasteiger partial charge in [0.2, 0.25) is 0 Å². The Morgan fingerprint density at radius 2 is 1.59 bits per heavy atom. The van der Waals surface area contributed by atoms with Crippen LogP contribution in [0.5, 0.6) is 0 Å². The first-order valence-corrected chi connectivity index (χ1v) is 5.72. The van der Waals surface area contributed by atoms with E-state index in [1.54, 1.807) is 7.11 Å². The zero-order chi connectivity index (χ0) is 12.9. The van der Waals surface area contributed by atoms with E-state index in [4.69, 9.17) is 25.8 Å². The smallest absolute Gasteiger partial charge is 0.432 e. The van der Waals surface area contributed by atoms with Crippen molar-refractivity contribution in [2.75, 3.05) is 46.8 Å². The van der Waals surface area contributed by atoms with Gasteiger partial charge in [-0.2, -0.15) is 0 Å². The first-order chi connectivity index (χ1) is 8.16. The number of carbonyl (C=O) groups is 1. The molecule has 1 atom stereocenters. The first kappa shape index (κ1) is 16.4. The maximum Gasteiger partial charge on any atom is 0.509 e. The number of halogens is 1. The van der Waals surface area contributed by atoms with E-state index in [1.165, 1.54) is 6.92 Å². The van der Waals surface area contributed by atoms with Crippen molar-refractivity contribution in [3.63, 3.8) is 0 Å². The van der Waals surface area contributed by atoms with E-state index in [0.29, 0.717) is 33.0 Å². The van der Waals surface area contributed by atoms with Gasteiger partial charge in [0.15, 0.2) is 5.56 Å². The summed E-state index contributed by atoms with van der Waals surface area (Å²) in [7, 11) is 1.61. The van der Waals surface area contributed by atoms with Crippen molar-refractivity contribution in [1.29, 1.82) is 0 Å². The lowest BCUT2D eigenvalue weighted by molar-refractivity contribution is -0.000222. The number of ether oxygens (including phenoxy) is 5. The molecule has 0 bridgehead atoms. The summed E-state index contributed by atoms with van der Waals surface area (Å²) in [5.74, 6) is 0. The van der Waals surface area contributed by atoms with E-state index >= 15 is 0 Å². The monoisotopic (exact) mass is 270 g/mol. The largest absolute Gasteiger partial charge is 0.509 e. The number of hydrogen-bond donors (Lipinski definition) is 0. The summed E-state index contributed by atoms with van der Waals surface area (Å²) in [4.78, 5) is 10.8. The van der Waals surface area contributed by atoms with Crippen LogP contribution in [0.15, 0.2) is 0 Å². The Hall–Kier alpha value is -0.560. The molecule has 0 unspecified atom stereocenters. The van der Waals surface area contributed by atoms with Crippen LogP contribution in [-0.2, 0) is 23.7 Å². The molecule has 0 aliphatic heterocycles. The molecule has 0 amide bonds. The van der Waals surface area contributed by atoms with Crippen molar-refractivity contribution >= 4 is 17.8 Å². The third kappa shape index (κ3) is 13.4. The van der Waals surface area contributed by atoms with Gasteiger partial charge < -0.3 is 23.7 Å². The third-order valence-electron chi connectivity index (χ3n) is 1.51. The summed E-state index contributed by atoms with van der Waals surface area (Å²) >= 11 is 5.41. The molecule has 0 aromatic heterocycles. The zero-order valence-electron chi connectivity index (χ0n) is 10.1. The molecule has 6 nitrogen and oxygen atoms in total. The van der Waals surface area contributed by atoms with Crippen molar-refractivity contribution in [3.8, 4) is 0 Å². The fourth-order valence-corrected chi connectivity index (χ4v) is 0.888. The van der Waals surface area contributed by atoms with Crippen molar-refractivity contribution < 1.29 is 28.5 Å². The molecule has 0 aromatic carbocycles. The molecule has 0 fully saturated rings. The van der Waals surface area contributed by atoms with Crippen molar-refractivity contribution in [2.45, 2.75) is 12.5 Å². The summed E-state index contributed by atoms with van der Waals surface area (Å²) in [5.41, 5.74) is -0.697. The van der Waals surface area contributed by atoms with Crippen LogP contribution in [0.1, 0.15) is 6.92 Å². The molecule has 0 aromatic rings. The average molecular weight is 271 g/mol. The normalized spacial score (nSPS) is 12.2. The highest BCUT2D eigenvalue weighted by Gasteiger charge is 2.06. The summed E-state index contributed by atoms with van der Waals surface area (Å²) in [6, 6.07) is 0. The van der Waals surface area contributed by atoms with Gasteiger partial charge in [0, 0.05) is 7.11 Å². The first-order valence-electron chi connectivity index (χ1n) is 5.28. The fraction of sp³-hybridized carbons (Fsp3) is 0.900. The van der Waals surface area contributed by atoms with E-state index in [0.717, 1.165) is 0 Å². The van der Waals surface area contributed by atoms with Gasteiger partial charge in [-0.3, -0.25) is 0 Å². The zero-order valence-corrected chi connectivity index (χ0v) is 10.9. The molecule has 0 aliphatic rings. The van der Waals surface area contributed by atoms with Gasteiger partial charge in [-0.15, -0.1) is 0 Å². The van der Waals surface area contributed by atoms with Gasteiger partial charge in [-0.25, -0.2) is 4.79 Å². The second-order valence-electron chi connectivity index (χ2n) is 2.98. The predicted octanol–water partition coefficient (Wildman–Crippen LogP) is 1.40. The van der Waals surface area contributed by atoms with Crippen LogP contribution in [0, 0.1) is 0 Å². The molecule has 0 radical (unpaired) electrons. The lowest BCUT2D eigenvalue weighted by Crippen LogP contribution is -2.16. The maximum absolute atomic E-state index is 10.8. The minimum atomic E-state index is -0.799. The quantitative estimate of drug-likeness (QED) is 0.340. The Balaban J connectivity index is 3.10. The van der Waals surface area contributed by atoms with Crippen molar-refractivity contribution in [1.82, 2.24) is 0 Å². The second kappa shape index (κ2) is 11.9. The molecule has 0 saturated carbocycles. The van der Waals surface area contributed by atoms with Crippen LogP contribution in [0.4, 0.5) is 4.79 Å². The molecule has 7 heteroatoms. The van der Waals surface area contributed by atoms with Gasteiger partial charge >= 0.3 is 6.16 Å². The number of carbonyl (C=O) groups excluding carboxylic acids is 1. The van der Waals surface area contributed by atoms with E-state index in [-0.39, 0.29) is 6.61 Å². The number of alkyl halides is 1. The number of rotatable bonds is 10. The van der Waals surface area contributed by atoms with Crippen LogP contribution < -0.4 is 0 Å². The SMILES string of the molecule is COCCOCCOCCOC(=O)O[C@@H](C)Cl. The van der Waals surface area contributed by atoms with E-state index in [1.807, 2.05) is 0 Å². The highest BCUT2D eigenvalue weighted by molar-refractivity contribution is 6.19. The molecule has 0 rings (SSSR count). The molecule has 17 heavy (non-hydrogen) atoms. The third-order valence-corrected chi connectivity index (χ3v) is 1.60. The summed E-state index contributed by atoms with van der Waals surface area (Å²) in [5, 5.41) is 0. The highest BCUT2D eigenvalue weighted by atomic mass is 35.5. The van der Waals surface area contributed by atoms with E-state index in [9.17, 15) is 4.79 Å². The van der Waals surface area contributed by atoms with Gasteiger partial charge in [0.05, 0.1) is 33.0 Å². The highest BCUT2D eigenvalue weighted by Crippen LogP contribution is 1.98. The Bertz CT molecular complexity index is 188. The summed E-state index contributed by atoms with van der Waals surface area (Å²) in [6.07, 6.45) is -0.799. The van der Waals surface area contributed by atoms with E-state index < -0.39 is 11.7 Å². The Labute approximate surface area is 106 Å². The topological polar surface area (TPSA) is 63.2 Å². The number of methoxy groups -OCH3 is 1. The fourth-order valence-electron chi connectivity index (χ4n) is 0.815. The molecule has 0 heterocycles. The van der Waals surface area contributed by atoms with Gasteiger partial charge in [0.25, 0.3) is 0 Å². The standard InChI is InChI=1S/C10H19ClO6/c1-9(11)17-10(12)16-8-7-15-6-5-14-4-3-13-2/h9H,3-8H2,1-2H3/t9-/m0/s1. The number of hydrogen-bond acceptors (Lipinski definition) is 6. The van der Waals surface area contributed by atoms with Crippen LogP contribution in [0.3, 0.4) is 0 Å². The Morgan fingerprint density at radius 1 is 1.06 bits per heavy atom. The average Bonchev–Trinajstić information content (AvgIpc) is 2.26. The molecular formula is C10H19ClO6. The van der Waals surface area contributed by atoms with E-state index in [2.05, 4.69) is 9.47 Å². The maximum atomic E-state index is 10.8. The molecular weight excluding hydrogens is 252 g/mol. The molecule has 0 N–H and O–H groups in total. The van der Waals surface area contributed by atoms with Gasteiger partial charge in [0.1, 0.15) is 6.61 Å². The van der Waals surface area contributed by atoms with Gasteiger partial charge in [-0.1, -0.05) is 11.6 Å². The minimum Gasteiger partial charge on any atom is -0.432 e. The molecule has 0 spiro atoms.